The van der Waals surface area contributed by atoms with Gasteiger partial charge in [0.05, 0.1) is 18.8 Å². The highest BCUT2D eigenvalue weighted by Gasteiger charge is 2.39. The van der Waals surface area contributed by atoms with E-state index in [0.717, 1.165) is 57.6 Å². The largest absolute Gasteiger partial charge is 0.497 e. The van der Waals surface area contributed by atoms with Crippen LogP contribution < -0.4 is 4.74 Å². The molecule has 0 spiro atoms. The summed E-state index contributed by atoms with van der Waals surface area (Å²) in [6, 6.07) is 24.4. The molecule has 1 aromatic heterocycles. The summed E-state index contributed by atoms with van der Waals surface area (Å²) in [5, 5.41) is 1.15. The number of aromatic amines is 1. The zero-order chi connectivity index (χ0) is 22.2. The van der Waals surface area contributed by atoms with Crippen LogP contribution in [0.4, 0.5) is 0 Å². The molecule has 1 amide bonds. The Kier molecular flexibility index (Phi) is 5.22. The van der Waals surface area contributed by atoms with Gasteiger partial charge < -0.3 is 14.6 Å². The molecular weight excluding hydrogens is 396 g/mol. The second-order valence-electron chi connectivity index (χ2n) is 8.86. The van der Waals surface area contributed by atoms with E-state index in [4.69, 9.17) is 4.74 Å². The van der Waals surface area contributed by atoms with Crippen LogP contribution in [0.5, 0.6) is 5.75 Å². The van der Waals surface area contributed by atoms with Gasteiger partial charge >= 0.3 is 0 Å². The highest BCUT2D eigenvalue weighted by atomic mass is 16.5. The van der Waals surface area contributed by atoms with Crippen molar-refractivity contribution in [1.29, 1.82) is 0 Å². The molecule has 32 heavy (non-hydrogen) atoms. The van der Waals surface area contributed by atoms with Crippen molar-refractivity contribution < 1.29 is 9.53 Å². The summed E-state index contributed by atoms with van der Waals surface area (Å²) in [5.74, 6) is 1.45. The number of carbonyl (C=O) groups is 1. The number of hydrogen-bond donors (Lipinski definition) is 1. The van der Waals surface area contributed by atoms with Crippen LogP contribution in [-0.4, -0.2) is 29.4 Å². The number of amides is 1. The van der Waals surface area contributed by atoms with E-state index in [2.05, 4.69) is 60.1 Å². The highest BCUT2D eigenvalue weighted by molar-refractivity contribution is 6.02. The van der Waals surface area contributed by atoms with E-state index in [-0.39, 0.29) is 11.9 Å². The number of ether oxygens (including phenoxy) is 1. The van der Waals surface area contributed by atoms with E-state index in [9.17, 15) is 4.79 Å². The van der Waals surface area contributed by atoms with E-state index in [1.165, 1.54) is 0 Å². The van der Waals surface area contributed by atoms with Gasteiger partial charge in [-0.15, -0.1) is 0 Å². The summed E-state index contributed by atoms with van der Waals surface area (Å²) in [6.07, 6.45) is 0.965. The number of nitrogens with one attached hydrogen (secondary N) is 1. The van der Waals surface area contributed by atoms with Gasteiger partial charge in [0.25, 0.3) is 5.91 Å². The zero-order valence-electron chi connectivity index (χ0n) is 18.8. The summed E-state index contributed by atoms with van der Waals surface area (Å²) in [5.41, 5.74) is 6.19. The maximum Gasteiger partial charge on any atom is 0.255 e. The van der Waals surface area contributed by atoms with Crippen LogP contribution in [0.1, 0.15) is 47.8 Å². The monoisotopic (exact) mass is 424 g/mol. The molecule has 5 rings (SSSR count). The second kappa shape index (κ2) is 8.19. The number of rotatable bonds is 6. The summed E-state index contributed by atoms with van der Waals surface area (Å²) < 4.78 is 5.50. The third-order valence-corrected chi connectivity index (χ3v) is 6.38. The number of H-pyrrole nitrogens is 1. The minimum Gasteiger partial charge on any atom is -0.497 e. The Morgan fingerprint density at radius 2 is 1.78 bits per heavy atom. The Balaban J connectivity index is 1.75. The first-order chi connectivity index (χ1) is 15.6. The van der Waals surface area contributed by atoms with E-state index in [0.29, 0.717) is 5.92 Å². The summed E-state index contributed by atoms with van der Waals surface area (Å²) in [7, 11) is 1.69. The molecule has 0 bridgehead atoms. The first kappa shape index (κ1) is 20.4. The van der Waals surface area contributed by atoms with Crippen LogP contribution >= 0.6 is 0 Å². The molecular formula is C28H28N2O2. The fraction of sp³-hybridized carbons (Fsp3) is 0.250. The Bertz CT molecular complexity index is 1290. The number of benzene rings is 3. The van der Waals surface area contributed by atoms with E-state index in [1.54, 1.807) is 7.11 Å². The highest BCUT2D eigenvalue weighted by Crippen LogP contribution is 2.45. The molecule has 1 aliphatic rings. The van der Waals surface area contributed by atoms with Crippen LogP contribution in [0.3, 0.4) is 0 Å². The maximum atomic E-state index is 13.5. The minimum absolute atomic E-state index is 0.119. The molecule has 0 saturated carbocycles. The van der Waals surface area contributed by atoms with Gasteiger partial charge in [0.15, 0.2) is 0 Å². The number of aromatic nitrogens is 1. The third kappa shape index (κ3) is 3.36. The molecule has 1 aliphatic heterocycles. The van der Waals surface area contributed by atoms with Gasteiger partial charge in [0, 0.05) is 34.1 Å². The second-order valence-corrected chi connectivity index (χ2v) is 8.86. The smallest absolute Gasteiger partial charge is 0.255 e. The van der Waals surface area contributed by atoms with Crippen LogP contribution in [0.2, 0.25) is 0 Å². The number of methoxy groups -OCH3 is 1. The SMILES string of the molecule is COc1cccc(-c2[nH]c3ccccc3c2[C@@H]2c3ccccc3C(=O)N2CCC(C)C)c1. The summed E-state index contributed by atoms with van der Waals surface area (Å²) >= 11 is 0. The normalized spacial score (nSPS) is 15.6. The van der Waals surface area contributed by atoms with Crippen LogP contribution in [-0.2, 0) is 0 Å². The average molecular weight is 425 g/mol. The zero-order valence-corrected chi connectivity index (χ0v) is 18.8. The van der Waals surface area contributed by atoms with Crippen molar-refractivity contribution in [2.24, 2.45) is 5.92 Å². The number of carbonyl (C=O) groups excluding carboxylic acids is 1. The topological polar surface area (TPSA) is 45.3 Å². The lowest BCUT2D eigenvalue weighted by Crippen LogP contribution is -2.30. The van der Waals surface area contributed by atoms with Crippen LogP contribution in [0, 0.1) is 5.92 Å². The van der Waals surface area contributed by atoms with Gasteiger partial charge in [-0.1, -0.05) is 62.4 Å². The molecule has 0 fully saturated rings. The van der Waals surface area contributed by atoms with Crippen LogP contribution in [0.25, 0.3) is 22.2 Å². The fourth-order valence-corrected chi connectivity index (χ4v) is 4.76. The number of para-hydroxylation sites is 1. The van der Waals surface area contributed by atoms with Crippen molar-refractivity contribution in [2.45, 2.75) is 26.3 Å². The van der Waals surface area contributed by atoms with Gasteiger partial charge in [0.2, 0.25) is 0 Å². The predicted molar refractivity (Wildman–Crippen MR) is 129 cm³/mol. The lowest BCUT2D eigenvalue weighted by atomic mass is 9.93. The molecule has 1 atom stereocenters. The molecule has 1 N–H and O–H groups in total. The first-order valence-corrected chi connectivity index (χ1v) is 11.2. The lowest BCUT2D eigenvalue weighted by molar-refractivity contribution is 0.0743. The van der Waals surface area contributed by atoms with Crippen molar-refractivity contribution >= 4 is 16.8 Å². The number of hydrogen-bond acceptors (Lipinski definition) is 2. The van der Waals surface area contributed by atoms with Crippen molar-refractivity contribution in [2.75, 3.05) is 13.7 Å². The van der Waals surface area contributed by atoms with E-state index >= 15 is 0 Å². The van der Waals surface area contributed by atoms with Crippen LogP contribution in [0.15, 0.2) is 72.8 Å². The molecule has 162 valence electrons. The first-order valence-electron chi connectivity index (χ1n) is 11.2. The standard InChI is InChI=1S/C28H28N2O2/c1-18(2)15-16-30-27(21-11-4-5-12-22(21)28(30)31)25-23-13-6-7-14-24(23)29-26(25)19-9-8-10-20(17-19)32-3/h4-14,17-18,27,29H,15-16H2,1-3H3/t27-/m0/s1. The van der Waals surface area contributed by atoms with Gasteiger partial charge in [0.1, 0.15) is 5.75 Å². The molecule has 4 heteroatoms. The summed E-state index contributed by atoms with van der Waals surface area (Å²) in [4.78, 5) is 19.2. The van der Waals surface area contributed by atoms with Gasteiger partial charge in [-0.25, -0.2) is 0 Å². The van der Waals surface area contributed by atoms with Crippen molar-refractivity contribution in [3.05, 3.63) is 89.5 Å². The Morgan fingerprint density at radius 1 is 1.00 bits per heavy atom. The Labute approximate surface area is 188 Å². The Morgan fingerprint density at radius 3 is 2.59 bits per heavy atom. The third-order valence-electron chi connectivity index (χ3n) is 6.38. The van der Waals surface area contributed by atoms with Gasteiger partial charge in [-0.2, -0.15) is 0 Å². The lowest BCUT2D eigenvalue weighted by Gasteiger charge is -2.27. The fourth-order valence-electron chi connectivity index (χ4n) is 4.76. The summed E-state index contributed by atoms with van der Waals surface area (Å²) in [6.45, 7) is 5.14. The molecule has 0 radical (unpaired) electrons. The average Bonchev–Trinajstić information content (AvgIpc) is 3.33. The van der Waals surface area contributed by atoms with E-state index < -0.39 is 0 Å². The molecule has 0 aliphatic carbocycles. The quantitative estimate of drug-likeness (QED) is 0.387. The molecule has 0 saturated heterocycles. The van der Waals surface area contributed by atoms with Crippen molar-refractivity contribution in [3.8, 4) is 17.0 Å². The van der Waals surface area contributed by atoms with Crippen molar-refractivity contribution in [1.82, 2.24) is 9.88 Å². The Hall–Kier alpha value is -3.53. The predicted octanol–water partition coefficient (Wildman–Crippen LogP) is 6.43. The molecule has 3 aromatic carbocycles. The number of nitrogens with zero attached hydrogens (tertiary/aromatic N) is 1. The molecule has 4 aromatic rings. The molecule has 0 unspecified atom stereocenters. The molecule has 2 heterocycles. The van der Waals surface area contributed by atoms with Gasteiger partial charge in [-0.05, 0) is 42.2 Å². The van der Waals surface area contributed by atoms with Crippen molar-refractivity contribution in [3.63, 3.8) is 0 Å². The molecule has 4 nitrogen and oxygen atoms in total. The van der Waals surface area contributed by atoms with Gasteiger partial charge in [-0.3, -0.25) is 4.79 Å². The minimum atomic E-state index is -0.130. The van der Waals surface area contributed by atoms with E-state index in [1.807, 2.05) is 36.4 Å². The number of fused-ring (bicyclic) bond motifs is 2. The maximum absolute atomic E-state index is 13.5.